The summed E-state index contributed by atoms with van der Waals surface area (Å²) < 4.78 is 5.31. The third kappa shape index (κ3) is 6.52. The highest BCUT2D eigenvalue weighted by Crippen LogP contribution is 2.24. The fourth-order valence-electron chi connectivity index (χ4n) is 4.09. The lowest BCUT2D eigenvalue weighted by Crippen LogP contribution is -2.37. The lowest BCUT2D eigenvalue weighted by atomic mass is 9.87. The molecule has 0 aliphatic carbocycles. The Morgan fingerprint density at radius 1 is 1.03 bits per heavy atom. The molecule has 2 aromatic carbocycles. The molecule has 0 atom stereocenters. The minimum absolute atomic E-state index is 0.0110. The third-order valence-electron chi connectivity index (χ3n) is 6.08. The molecule has 2 aromatic heterocycles. The molecule has 8 heteroatoms. The van der Waals surface area contributed by atoms with Gasteiger partial charge in [-0.25, -0.2) is 9.97 Å². The maximum atomic E-state index is 13.1. The predicted octanol–water partition coefficient (Wildman–Crippen LogP) is 5.32. The molecular weight excluding hydrogens is 464 g/mol. The number of rotatable bonds is 6. The summed E-state index contributed by atoms with van der Waals surface area (Å²) in [5.74, 6) is 1.24. The highest BCUT2D eigenvalue weighted by Gasteiger charge is 2.16. The number of nitrogens with one attached hydrogen (secondary N) is 3. The van der Waals surface area contributed by atoms with E-state index in [1.54, 1.807) is 7.11 Å². The molecule has 0 aliphatic rings. The van der Waals surface area contributed by atoms with Crippen LogP contribution < -0.4 is 15.4 Å². The van der Waals surface area contributed by atoms with E-state index < -0.39 is 0 Å². The summed E-state index contributed by atoms with van der Waals surface area (Å²) in [6, 6.07) is 15.5. The molecule has 37 heavy (non-hydrogen) atoms. The van der Waals surface area contributed by atoms with Crippen LogP contribution in [-0.2, 0) is 11.8 Å². The van der Waals surface area contributed by atoms with Gasteiger partial charge in [0, 0.05) is 46.7 Å². The summed E-state index contributed by atoms with van der Waals surface area (Å²) in [5, 5.41) is 7.12. The molecule has 2 heterocycles. The quantitative estimate of drug-likeness (QED) is 0.246. The standard InChI is InChI=1S/C29H34N6O2/c1-18-15-19(2)33-28(32-18)35-27(34-26(36)20-7-9-22(10-8-20)29(3,4)5)30-14-13-21-17-31-25-16-23(37-6)11-12-24(21)25/h7-12,15-17,31H,13-14H2,1-6H3,(H2,30,32,33,34,35,36). The van der Waals surface area contributed by atoms with Gasteiger partial charge in [-0.3, -0.25) is 20.4 Å². The van der Waals surface area contributed by atoms with Gasteiger partial charge in [0.25, 0.3) is 5.91 Å². The fraction of sp³-hybridized carbons (Fsp3) is 0.310. The number of aliphatic imine (C=N–C) groups is 1. The number of benzene rings is 2. The smallest absolute Gasteiger partial charge is 0.257 e. The van der Waals surface area contributed by atoms with Crippen molar-refractivity contribution in [3.63, 3.8) is 0 Å². The van der Waals surface area contributed by atoms with E-state index in [9.17, 15) is 4.79 Å². The number of anilines is 1. The number of aryl methyl sites for hydroxylation is 2. The zero-order valence-corrected chi connectivity index (χ0v) is 22.3. The number of amides is 1. The van der Waals surface area contributed by atoms with Gasteiger partial charge in [-0.15, -0.1) is 0 Å². The Hall–Kier alpha value is -4.20. The van der Waals surface area contributed by atoms with Crippen LogP contribution in [0.5, 0.6) is 5.75 Å². The number of hydrogen-bond acceptors (Lipinski definition) is 5. The zero-order valence-electron chi connectivity index (χ0n) is 22.3. The van der Waals surface area contributed by atoms with E-state index in [1.807, 2.05) is 68.6 Å². The molecule has 192 valence electrons. The van der Waals surface area contributed by atoms with Crippen molar-refractivity contribution in [1.82, 2.24) is 20.3 Å². The SMILES string of the molecule is COc1ccc2c(CCN=C(NC(=O)c3ccc(C(C)(C)C)cc3)Nc3nc(C)cc(C)n3)c[nH]c2c1. The van der Waals surface area contributed by atoms with E-state index in [0.29, 0.717) is 30.4 Å². The topological polar surface area (TPSA) is 104 Å². The van der Waals surface area contributed by atoms with Crippen molar-refractivity contribution in [2.45, 2.75) is 46.5 Å². The molecule has 4 rings (SSSR count). The second-order valence-electron chi connectivity index (χ2n) is 10.1. The highest BCUT2D eigenvalue weighted by atomic mass is 16.5. The van der Waals surface area contributed by atoms with Crippen LogP contribution in [0, 0.1) is 13.8 Å². The molecular formula is C29H34N6O2. The Bertz CT molecular complexity index is 1410. The molecule has 0 bridgehead atoms. The van der Waals surface area contributed by atoms with Crippen LogP contribution in [0.15, 0.2) is 59.7 Å². The van der Waals surface area contributed by atoms with Crippen molar-refractivity contribution < 1.29 is 9.53 Å². The molecule has 0 spiro atoms. The maximum Gasteiger partial charge on any atom is 0.257 e. The van der Waals surface area contributed by atoms with Crippen molar-refractivity contribution in [3.05, 3.63) is 82.8 Å². The molecule has 3 N–H and O–H groups in total. The second-order valence-corrected chi connectivity index (χ2v) is 10.1. The maximum absolute atomic E-state index is 13.1. The van der Waals surface area contributed by atoms with Gasteiger partial charge in [0.15, 0.2) is 0 Å². The minimum atomic E-state index is -0.254. The van der Waals surface area contributed by atoms with Gasteiger partial charge in [0.05, 0.1) is 7.11 Å². The first-order chi connectivity index (χ1) is 17.6. The predicted molar refractivity (Wildman–Crippen MR) is 149 cm³/mol. The number of nitrogens with zero attached hydrogens (tertiary/aromatic N) is 3. The van der Waals surface area contributed by atoms with Crippen LogP contribution in [0.1, 0.15) is 53.6 Å². The van der Waals surface area contributed by atoms with Gasteiger partial charge in [-0.1, -0.05) is 32.9 Å². The lowest BCUT2D eigenvalue weighted by Gasteiger charge is -2.19. The first-order valence-electron chi connectivity index (χ1n) is 12.3. The van der Waals surface area contributed by atoms with Gasteiger partial charge in [0.2, 0.25) is 11.9 Å². The van der Waals surface area contributed by atoms with Crippen LogP contribution in [0.25, 0.3) is 10.9 Å². The fourth-order valence-corrected chi connectivity index (χ4v) is 4.09. The Morgan fingerprint density at radius 3 is 2.38 bits per heavy atom. The number of ether oxygens (including phenoxy) is 1. The van der Waals surface area contributed by atoms with E-state index in [2.05, 4.69) is 51.3 Å². The molecule has 0 unspecified atom stereocenters. The van der Waals surface area contributed by atoms with Crippen LogP contribution in [-0.4, -0.2) is 40.5 Å². The average Bonchev–Trinajstić information content (AvgIpc) is 3.25. The molecule has 0 saturated carbocycles. The van der Waals surface area contributed by atoms with Crippen LogP contribution in [0.3, 0.4) is 0 Å². The van der Waals surface area contributed by atoms with E-state index >= 15 is 0 Å². The number of aromatic amines is 1. The second kappa shape index (κ2) is 10.8. The van der Waals surface area contributed by atoms with Crippen molar-refractivity contribution in [1.29, 1.82) is 0 Å². The average molecular weight is 499 g/mol. The molecule has 0 aliphatic heterocycles. The summed E-state index contributed by atoms with van der Waals surface area (Å²) in [6.07, 6.45) is 2.66. The van der Waals surface area contributed by atoms with Gasteiger partial charge < -0.3 is 9.72 Å². The number of H-pyrrole nitrogens is 1. The molecule has 0 fully saturated rings. The number of guanidine groups is 1. The largest absolute Gasteiger partial charge is 0.497 e. The Morgan fingerprint density at radius 2 is 1.73 bits per heavy atom. The molecule has 0 radical (unpaired) electrons. The molecule has 8 nitrogen and oxygen atoms in total. The van der Waals surface area contributed by atoms with Gasteiger partial charge >= 0.3 is 0 Å². The number of methoxy groups -OCH3 is 1. The number of aromatic nitrogens is 3. The van der Waals surface area contributed by atoms with Gasteiger partial charge in [0.1, 0.15) is 5.75 Å². The van der Waals surface area contributed by atoms with Crippen LogP contribution in [0.2, 0.25) is 0 Å². The highest BCUT2D eigenvalue weighted by molar-refractivity contribution is 6.09. The summed E-state index contributed by atoms with van der Waals surface area (Å²) in [4.78, 5) is 29.9. The van der Waals surface area contributed by atoms with E-state index in [1.165, 1.54) is 0 Å². The van der Waals surface area contributed by atoms with Crippen molar-refractivity contribution in [3.8, 4) is 5.75 Å². The van der Waals surface area contributed by atoms with Crippen LogP contribution >= 0.6 is 0 Å². The zero-order chi connectivity index (χ0) is 26.6. The van der Waals surface area contributed by atoms with E-state index in [4.69, 9.17) is 4.74 Å². The molecule has 0 saturated heterocycles. The number of carbonyl (C=O) groups excluding carboxylic acids is 1. The normalized spacial score (nSPS) is 12.0. The minimum Gasteiger partial charge on any atom is -0.497 e. The van der Waals surface area contributed by atoms with Crippen LogP contribution in [0.4, 0.5) is 5.95 Å². The Labute approximate surface area is 217 Å². The van der Waals surface area contributed by atoms with E-state index in [-0.39, 0.29) is 11.3 Å². The van der Waals surface area contributed by atoms with Crippen molar-refractivity contribution in [2.24, 2.45) is 4.99 Å². The van der Waals surface area contributed by atoms with Gasteiger partial charge in [-0.05, 0) is 67.1 Å². The lowest BCUT2D eigenvalue weighted by molar-refractivity contribution is 0.0977. The van der Waals surface area contributed by atoms with E-state index in [0.717, 1.165) is 39.2 Å². The summed E-state index contributed by atoms with van der Waals surface area (Å²) in [6.45, 7) is 10.7. The van der Waals surface area contributed by atoms with Crippen molar-refractivity contribution in [2.75, 3.05) is 19.0 Å². The first-order valence-corrected chi connectivity index (χ1v) is 12.3. The monoisotopic (exact) mass is 498 g/mol. The third-order valence-corrected chi connectivity index (χ3v) is 6.08. The number of fused-ring (bicyclic) bond motifs is 1. The number of carbonyl (C=O) groups is 1. The van der Waals surface area contributed by atoms with Gasteiger partial charge in [-0.2, -0.15) is 0 Å². The summed E-state index contributed by atoms with van der Waals surface area (Å²) in [5.41, 5.74) is 5.52. The molecule has 1 amide bonds. The Kier molecular flexibility index (Phi) is 7.57. The summed E-state index contributed by atoms with van der Waals surface area (Å²) >= 11 is 0. The Balaban J connectivity index is 1.53. The first kappa shape index (κ1) is 25.9. The summed E-state index contributed by atoms with van der Waals surface area (Å²) in [7, 11) is 1.65. The van der Waals surface area contributed by atoms with Crippen molar-refractivity contribution >= 4 is 28.7 Å². The number of hydrogen-bond donors (Lipinski definition) is 3. The molecule has 4 aromatic rings.